The molecule has 0 saturated heterocycles. The number of aromatic nitrogens is 4. The van der Waals surface area contributed by atoms with Crippen molar-refractivity contribution in [3.8, 4) is 11.3 Å². The first-order valence-electron chi connectivity index (χ1n) is 9.18. The van der Waals surface area contributed by atoms with Gasteiger partial charge in [0.15, 0.2) is 0 Å². The van der Waals surface area contributed by atoms with E-state index in [-0.39, 0.29) is 5.56 Å². The van der Waals surface area contributed by atoms with Crippen LogP contribution in [0, 0.1) is 11.6 Å². The molecule has 5 aromatic rings. The Hall–Kier alpha value is -4.40. The van der Waals surface area contributed by atoms with Crippen molar-refractivity contribution in [2.75, 3.05) is 0 Å². The van der Waals surface area contributed by atoms with Crippen LogP contribution in [-0.2, 0) is 0 Å². The van der Waals surface area contributed by atoms with Gasteiger partial charge in [-0.2, -0.15) is 0 Å². The number of hydrogen-bond donors (Lipinski definition) is 2. The summed E-state index contributed by atoms with van der Waals surface area (Å²) in [5, 5.41) is 0.364. The van der Waals surface area contributed by atoms with Gasteiger partial charge in [-0.1, -0.05) is 6.07 Å². The molecule has 4 heterocycles. The lowest BCUT2D eigenvalue weighted by Crippen LogP contribution is -2.17. The Morgan fingerprint density at radius 2 is 1.94 bits per heavy atom. The van der Waals surface area contributed by atoms with Gasteiger partial charge in [-0.15, -0.1) is 0 Å². The molecule has 0 spiro atoms. The molecule has 0 saturated carbocycles. The van der Waals surface area contributed by atoms with E-state index >= 15 is 0 Å². The SMILES string of the molecule is NC(=O)c1ccc(F)c(C(=O)c2c[nH]c3ncc(-c4cn5ccccc5n4)cc23)c1F. The number of hydrogen-bond acceptors (Lipinski definition) is 4. The van der Waals surface area contributed by atoms with Crippen LogP contribution < -0.4 is 5.73 Å². The first-order chi connectivity index (χ1) is 14.9. The summed E-state index contributed by atoms with van der Waals surface area (Å²) in [7, 11) is 0. The average Bonchev–Trinajstić information content (AvgIpc) is 3.37. The van der Waals surface area contributed by atoms with Gasteiger partial charge in [0.1, 0.15) is 22.9 Å². The summed E-state index contributed by atoms with van der Waals surface area (Å²) in [5.74, 6) is -4.41. The standard InChI is InChI=1S/C22H13F2N5O2/c23-15-5-4-12(21(25)31)19(24)18(15)20(30)14-9-27-22-13(14)7-11(8-26-22)16-10-29-6-2-1-3-17(29)28-16/h1-10H,(H2,25,31)(H,26,27). The zero-order valence-corrected chi connectivity index (χ0v) is 15.8. The van der Waals surface area contributed by atoms with Crippen molar-refractivity contribution in [2.24, 2.45) is 5.73 Å². The minimum atomic E-state index is -1.30. The predicted molar refractivity (Wildman–Crippen MR) is 109 cm³/mol. The van der Waals surface area contributed by atoms with E-state index in [1.165, 1.54) is 6.20 Å². The molecule has 5 rings (SSSR count). The van der Waals surface area contributed by atoms with Crippen molar-refractivity contribution in [2.45, 2.75) is 0 Å². The second kappa shape index (κ2) is 6.84. The maximum Gasteiger partial charge on any atom is 0.251 e. The van der Waals surface area contributed by atoms with Gasteiger partial charge in [0.25, 0.3) is 5.91 Å². The van der Waals surface area contributed by atoms with Gasteiger partial charge in [0.2, 0.25) is 5.78 Å². The van der Waals surface area contributed by atoms with Gasteiger partial charge in [-0.05, 0) is 30.3 Å². The quantitative estimate of drug-likeness (QED) is 0.437. The van der Waals surface area contributed by atoms with Crippen molar-refractivity contribution >= 4 is 28.4 Å². The van der Waals surface area contributed by atoms with Crippen LogP contribution in [0.15, 0.2) is 61.2 Å². The van der Waals surface area contributed by atoms with Crippen molar-refractivity contribution in [1.29, 1.82) is 0 Å². The molecule has 7 nitrogen and oxygen atoms in total. The number of H-pyrrole nitrogens is 1. The number of aromatic amines is 1. The Kier molecular flexibility index (Phi) is 4.11. The number of imidazole rings is 1. The van der Waals surface area contributed by atoms with Crippen LogP contribution in [0.1, 0.15) is 26.3 Å². The zero-order valence-electron chi connectivity index (χ0n) is 15.8. The fourth-order valence-electron chi connectivity index (χ4n) is 3.49. The lowest BCUT2D eigenvalue weighted by atomic mass is 9.99. The number of amides is 1. The molecule has 152 valence electrons. The number of nitrogens with one attached hydrogen (secondary N) is 1. The molecule has 0 aliphatic carbocycles. The lowest BCUT2D eigenvalue weighted by Gasteiger charge is -2.07. The Morgan fingerprint density at radius 3 is 2.71 bits per heavy atom. The molecular formula is C22H13F2N5O2. The van der Waals surface area contributed by atoms with E-state index in [1.54, 1.807) is 12.3 Å². The molecular weight excluding hydrogens is 404 g/mol. The van der Waals surface area contributed by atoms with Crippen LogP contribution in [0.4, 0.5) is 8.78 Å². The lowest BCUT2D eigenvalue weighted by molar-refractivity contribution is 0.0996. The molecule has 0 bridgehead atoms. The highest BCUT2D eigenvalue weighted by molar-refractivity contribution is 6.17. The Labute approximate surface area is 173 Å². The third kappa shape index (κ3) is 2.94. The van der Waals surface area contributed by atoms with E-state index in [2.05, 4.69) is 15.0 Å². The number of carbonyl (C=O) groups is 2. The second-order valence-corrected chi connectivity index (χ2v) is 6.89. The van der Waals surface area contributed by atoms with Gasteiger partial charge in [-0.25, -0.2) is 18.7 Å². The van der Waals surface area contributed by atoms with E-state index < -0.39 is 34.5 Å². The Bertz CT molecular complexity index is 1490. The molecule has 1 aromatic carbocycles. The Morgan fingerprint density at radius 1 is 1.10 bits per heavy atom. The number of fused-ring (bicyclic) bond motifs is 2. The minimum absolute atomic E-state index is 0.00698. The summed E-state index contributed by atoms with van der Waals surface area (Å²) in [5.41, 5.74) is 6.05. The normalized spacial score (nSPS) is 11.3. The fraction of sp³-hybridized carbons (Fsp3) is 0. The number of nitrogens with two attached hydrogens (primary N) is 1. The summed E-state index contributed by atoms with van der Waals surface area (Å²) >= 11 is 0. The van der Waals surface area contributed by atoms with E-state index in [4.69, 9.17) is 5.73 Å². The number of nitrogens with zero attached hydrogens (tertiary/aromatic N) is 3. The summed E-state index contributed by atoms with van der Waals surface area (Å²) in [6.45, 7) is 0. The van der Waals surface area contributed by atoms with E-state index in [9.17, 15) is 18.4 Å². The molecule has 0 unspecified atom stereocenters. The molecule has 0 fully saturated rings. The largest absolute Gasteiger partial charge is 0.366 e. The topological polar surface area (TPSA) is 106 Å². The smallest absolute Gasteiger partial charge is 0.251 e. The summed E-state index contributed by atoms with van der Waals surface area (Å²) in [6.07, 6.45) is 6.56. The third-order valence-corrected chi connectivity index (χ3v) is 5.02. The highest BCUT2D eigenvalue weighted by atomic mass is 19.1. The molecule has 4 aromatic heterocycles. The molecule has 0 radical (unpaired) electrons. The second-order valence-electron chi connectivity index (χ2n) is 6.89. The molecule has 0 atom stereocenters. The molecule has 3 N–H and O–H groups in total. The van der Waals surface area contributed by atoms with Gasteiger partial charge >= 0.3 is 0 Å². The van der Waals surface area contributed by atoms with Gasteiger partial charge in [0.05, 0.1) is 16.8 Å². The highest BCUT2D eigenvalue weighted by Crippen LogP contribution is 2.28. The molecule has 1 amide bonds. The first kappa shape index (κ1) is 18.6. The molecule has 0 aliphatic heterocycles. The van der Waals surface area contributed by atoms with Crippen LogP contribution in [-0.4, -0.2) is 31.0 Å². The van der Waals surface area contributed by atoms with Crippen LogP contribution in [0.5, 0.6) is 0 Å². The number of pyridine rings is 2. The van der Waals surface area contributed by atoms with Crippen LogP contribution in [0.25, 0.3) is 27.9 Å². The fourth-order valence-corrected chi connectivity index (χ4v) is 3.49. The van der Waals surface area contributed by atoms with Crippen molar-refractivity contribution in [3.05, 3.63) is 89.5 Å². The van der Waals surface area contributed by atoms with Crippen molar-refractivity contribution in [1.82, 2.24) is 19.4 Å². The predicted octanol–water partition coefficient (Wildman–Crippen LogP) is 3.49. The third-order valence-electron chi connectivity index (χ3n) is 5.02. The number of ketones is 1. The van der Waals surface area contributed by atoms with E-state index in [1.807, 2.05) is 35.0 Å². The minimum Gasteiger partial charge on any atom is -0.366 e. The average molecular weight is 417 g/mol. The summed E-state index contributed by atoms with van der Waals surface area (Å²) in [6, 6.07) is 8.99. The number of benzene rings is 1. The van der Waals surface area contributed by atoms with Crippen LogP contribution in [0.2, 0.25) is 0 Å². The number of halogens is 2. The molecule has 31 heavy (non-hydrogen) atoms. The van der Waals surface area contributed by atoms with Crippen molar-refractivity contribution in [3.63, 3.8) is 0 Å². The van der Waals surface area contributed by atoms with Crippen LogP contribution >= 0.6 is 0 Å². The highest BCUT2D eigenvalue weighted by Gasteiger charge is 2.26. The zero-order chi connectivity index (χ0) is 21.7. The maximum atomic E-state index is 14.7. The van der Waals surface area contributed by atoms with Gasteiger partial charge < -0.3 is 15.1 Å². The number of rotatable bonds is 4. The molecule has 0 aliphatic rings. The van der Waals surface area contributed by atoms with Gasteiger partial charge in [-0.3, -0.25) is 9.59 Å². The van der Waals surface area contributed by atoms with E-state index in [0.29, 0.717) is 22.3 Å². The van der Waals surface area contributed by atoms with E-state index in [0.717, 1.165) is 17.8 Å². The maximum absolute atomic E-state index is 14.7. The first-order valence-corrected chi connectivity index (χ1v) is 9.18. The monoisotopic (exact) mass is 417 g/mol. The number of primary amides is 1. The van der Waals surface area contributed by atoms with Crippen LogP contribution in [0.3, 0.4) is 0 Å². The van der Waals surface area contributed by atoms with Gasteiger partial charge in [0, 0.05) is 41.3 Å². The molecule has 9 heteroatoms. The number of carbonyl (C=O) groups excluding carboxylic acids is 2. The summed E-state index contributed by atoms with van der Waals surface area (Å²) in [4.78, 5) is 36.1. The van der Waals surface area contributed by atoms with Crippen molar-refractivity contribution < 1.29 is 18.4 Å². The summed E-state index contributed by atoms with van der Waals surface area (Å²) < 4.78 is 30.9. The Balaban J connectivity index is 1.65.